The molecule has 4 rings (SSSR count). The summed E-state index contributed by atoms with van der Waals surface area (Å²) in [5, 5.41) is 6.97. The van der Waals surface area contributed by atoms with Gasteiger partial charge in [0.25, 0.3) is 5.91 Å². The first kappa shape index (κ1) is 22.2. The Balaban J connectivity index is 1.67. The summed E-state index contributed by atoms with van der Waals surface area (Å²) in [5.74, 6) is -0.544. The molecule has 0 saturated carbocycles. The van der Waals surface area contributed by atoms with Gasteiger partial charge in [0.1, 0.15) is 10.8 Å². The number of amides is 1. The Hall–Kier alpha value is -3.00. The van der Waals surface area contributed by atoms with Crippen molar-refractivity contribution in [1.82, 2.24) is 14.7 Å². The minimum atomic E-state index is -4.55. The van der Waals surface area contributed by atoms with Crippen molar-refractivity contribution in [3.05, 3.63) is 82.0 Å². The molecule has 2 heterocycles. The van der Waals surface area contributed by atoms with Gasteiger partial charge in [-0.1, -0.05) is 71.8 Å². The molecule has 0 radical (unpaired) electrons. The summed E-state index contributed by atoms with van der Waals surface area (Å²) < 4.78 is 42.6. The lowest BCUT2D eigenvalue weighted by Gasteiger charge is -2.33. The maximum absolute atomic E-state index is 13.9. The molecule has 1 amide bonds. The number of nitrogens with zero attached hydrogens (tertiary/aromatic N) is 3. The molecule has 3 aromatic rings. The molecule has 0 spiro atoms. The van der Waals surface area contributed by atoms with Gasteiger partial charge in [0.05, 0.1) is 6.04 Å². The molecule has 1 aliphatic heterocycles. The van der Waals surface area contributed by atoms with Crippen LogP contribution in [-0.2, 0) is 6.54 Å². The van der Waals surface area contributed by atoms with Crippen LogP contribution in [0.25, 0.3) is 0 Å². The fourth-order valence-electron chi connectivity index (χ4n) is 3.85. The molecule has 1 aromatic heterocycles. The summed E-state index contributed by atoms with van der Waals surface area (Å²) >= 11 is 6.42. The van der Waals surface area contributed by atoms with E-state index in [1.165, 1.54) is 4.90 Å². The van der Waals surface area contributed by atoms with Crippen molar-refractivity contribution in [3.8, 4) is 0 Å². The Kier molecular flexibility index (Phi) is 5.90. The smallest absolute Gasteiger partial charge is 0.362 e. The van der Waals surface area contributed by atoms with Crippen LogP contribution in [0.15, 0.2) is 54.6 Å². The second-order valence-corrected chi connectivity index (χ2v) is 8.38. The molecule has 0 fully saturated rings. The lowest BCUT2D eigenvalue weighted by Crippen LogP contribution is -2.36. The molecule has 32 heavy (non-hydrogen) atoms. The van der Waals surface area contributed by atoms with Gasteiger partial charge in [-0.25, -0.2) is 4.68 Å². The van der Waals surface area contributed by atoms with E-state index in [-0.39, 0.29) is 29.5 Å². The normalized spacial score (nSPS) is 18.1. The standard InChI is InChI=1S/C23H22ClF3N4O/c1-14-8-10-16(11-9-14)17-12-18(23(25,26)27)31-21(28-17)19(24)20(29-31)22(32)30(2)13-15-6-4-3-5-7-15/h3-11,17-18,28H,12-13H2,1-2H3/t17-,18+/m0/s1. The van der Waals surface area contributed by atoms with E-state index in [1.807, 2.05) is 49.4 Å². The molecule has 9 heteroatoms. The van der Waals surface area contributed by atoms with E-state index in [0.29, 0.717) is 5.56 Å². The third kappa shape index (κ3) is 4.32. The summed E-state index contributed by atoms with van der Waals surface area (Å²) in [6.07, 6.45) is -4.81. The van der Waals surface area contributed by atoms with Crippen molar-refractivity contribution in [1.29, 1.82) is 0 Å². The zero-order chi connectivity index (χ0) is 23.0. The van der Waals surface area contributed by atoms with Gasteiger partial charge < -0.3 is 10.2 Å². The molecule has 0 saturated heterocycles. The van der Waals surface area contributed by atoms with E-state index in [0.717, 1.165) is 15.8 Å². The molecule has 1 N–H and O–H groups in total. The number of alkyl halides is 3. The van der Waals surface area contributed by atoms with Crippen LogP contribution in [-0.4, -0.2) is 33.8 Å². The van der Waals surface area contributed by atoms with Crippen LogP contribution < -0.4 is 5.32 Å². The van der Waals surface area contributed by atoms with Crippen LogP contribution in [0.1, 0.15) is 45.7 Å². The monoisotopic (exact) mass is 462 g/mol. The predicted molar refractivity (Wildman–Crippen MR) is 117 cm³/mol. The van der Waals surface area contributed by atoms with Crippen LogP contribution in [0.5, 0.6) is 0 Å². The predicted octanol–water partition coefficient (Wildman–Crippen LogP) is 5.78. The molecule has 5 nitrogen and oxygen atoms in total. The molecular formula is C23H22ClF3N4O. The number of rotatable bonds is 4. The van der Waals surface area contributed by atoms with Crippen LogP contribution in [0, 0.1) is 6.92 Å². The quantitative estimate of drug-likeness (QED) is 0.535. The van der Waals surface area contributed by atoms with E-state index in [1.54, 1.807) is 19.2 Å². The largest absolute Gasteiger partial charge is 0.410 e. The zero-order valence-corrected chi connectivity index (χ0v) is 18.3. The van der Waals surface area contributed by atoms with Gasteiger partial charge >= 0.3 is 6.18 Å². The van der Waals surface area contributed by atoms with Gasteiger partial charge in [-0.05, 0) is 18.1 Å². The summed E-state index contributed by atoms with van der Waals surface area (Å²) in [4.78, 5) is 14.4. The minimum Gasteiger partial charge on any atom is -0.362 e. The van der Waals surface area contributed by atoms with Crippen molar-refractivity contribution in [3.63, 3.8) is 0 Å². The second-order valence-electron chi connectivity index (χ2n) is 8.00. The van der Waals surface area contributed by atoms with Crippen LogP contribution >= 0.6 is 11.6 Å². The van der Waals surface area contributed by atoms with E-state index in [2.05, 4.69) is 10.4 Å². The number of aromatic nitrogens is 2. The SMILES string of the molecule is Cc1ccc([C@@H]2C[C@H](C(F)(F)F)n3nc(C(=O)N(C)Cc4ccccc4)c(Cl)c3N2)cc1. The number of benzene rings is 2. The number of aryl methyl sites for hydroxylation is 1. The van der Waals surface area contributed by atoms with E-state index in [9.17, 15) is 18.0 Å². The third-order valence-electron chi connectivity index (χ3n) is 5.59. The average Bonchev–Trinajstić information content (AvgIpc) is 3.09. The van der Waals surface area contributed by atoms with Gasteiger partial charge in [-0.15, -0.1) is 0 Å². The molecule has 2 atom stereocenters. The van der Waals surface area contributed by atoms with E-state index < -0.39 is 24.2 Å². The fourth-order valence-corrected chi connectivity index (χ4v) is 4.11. The lowest BCUT2D eigenvalue weighted by atomic mass is 9.96. The number of carbonyl (C=O) groups is 1. The molecule has 2 aromatic carbocycles. The second kappa shape index (κ2) is 8.50. The van der Waals surface area contributed by atoms with E-state index in [4.69, 9.17) is 11.6 Å². The van der Waals surface area contributed by atoms with Gasteiger partial charge in [-0.3, -0.25) is 4.79 Å². The molecule has 0 unspecified atom stereocenters. The summed E-state index contributed by atoms with van der Waals surface area (Å²) in [6, 6.07) is 14.0. The molecule has 168 valence electrons. The number of hydrogen-bond donors (Lipinski definition) is 1. The fraction of sp³-hybridized carbons (Fsp3) is 0.304. The Morgan fingerprint density at radius 2 is 1.84 bits per heavy atom. The van der Waals surface area contributed by atoms with Crippen molar-refractivity contribution in [2.45, 2.75) is 38.1 Å². The number of carbonyl (C=O) groups excluding carboxylic acids is 1. The Labute approximate surface area is 188 Å². The maximum Gasteiger partial charge on any atom is 0.410 e. The Bertz CT molecular complexity index is 1110. The topological polar surface area (TPSA) is 50.2 Å². The zero-order valence-electron chi connectivity index (χ0n) is 17.5. The van der Waals surface area contributed by atoms with Gasteiger partial charge in [0, 0.05) is 20.0 Å². The third-order valence-corrected chi connectivity index (χ3v) is 5.95. The average molecular weight is 463 g/mol. The number of nitrogens with one attached hydrogen (secondary N) is 1. The Morgan fingerprint density at radius 1 is 1.19 bits per heavy atom. The number of fused-ring (bicyclic) bond motifs is 1. The number of anilines is 1. The first-order chi connectivity index (χ1) is 15.1. The molecule has 0 aliphatic carbocycles. The molecule has 0 bridgehead atoms. The Morgan fingerprint density at radius 3 is 2.47 bits per heavy atom. The van der Waals surface area contributed by atoms with E-state index >= 15 is 0 Å². The highest BCUT2D eigenvalue weighted by Gasteiger charge is 2.48. The van der Waals surface area contributed by atoms with Gasteiger partial charge in [-0.2, -0.15) is 18.3 Å². The van der Waals surface area contributed by atoms with Crippen LogP contribution in [0.3, 0.4) is 0 Å². The lowest BCUT2D eigenvalue weighted by molar-refractivity contribution is -0.173. The van der Waals surface area contributed by atoms with Gasteiger partial charge in [0.15, 0.2) is 11.7 Å². The van der Waals surface area contributed by atoms with Crippen molar-refractivity contribution in [2.75, 3.05) is 12.4 Å². The maximum atomic E-state index is 13.9. The molecular weight excluding hydrogens is 441 g/mol. The first-order valence-corrected chi connectivity index (χ1v) is 10.5. The summed E-state index contributed by atoms with van der Waals surface area (Å²) in [7, 11) is 1.56. The van der Waals surface area contributed by atoms with Crippen molar-refractivity contribution < 1.29 is 18.0 Å². The number of halogens is 4. The first-order valence-electron chi connectivity index (χ1n) is 10.1. The highest BCUT2D eigenvalue weighted by molar-refractivity contribution is 6.36. The summed E-state index contributed by atoms with van der Waals surface area (Å²) in [5.41, 5.74) is 2.40. The van der Waals surface area contributed by atoms with Gasteiger partial charge in [0.2, 0.25) is 0 Å². The van der Waals surface area contributed by atoms with Crippen LogP contribution in [0.2, 0.25) is 5.02 Å². The highest BCUT2D eigenvalue weighted by Crippen LogP contribution is 2.46. The minimum absolute atomic E-state index is 0.00211. The van der Waals surface area contributed by atoms with Crippen molar-refractivity contribution >= 4 is 23.3 Å². The van der Waals surface area contributed by atoms with Crippen molar-refractivity contribution in [2.24, 2.45) is 0 Å². The molecule has 1 aliphatic rings. The highest BCUT2D eigenvalue weighted by atomic mass is 35.5. The summed E-state index contributed by atoms with van der Waals surface area (Å²) in [6.45, 7) is 2.19. The van der Waals surface area contributed by atoms with Crippen LogP contribution in [0.4, 0.5) is 19.0 Å². The number of hydrogen-bond acceptors (Lipinski definition) is 3.